The van der Waals surface area contributed by atoms with Crippen LogP contribution < -0.4 is 0 Å². The van der Waals surface area contributed by atoms with E-state index < -0.39 is 5.60 Å². The van der Waals surface area contributed by atoms with Gasteiger partial charge in [-0.1, -0.05) is 54.7 Å². The van der Waals surface area contributed by atoms with Crippen molar-refractivity contribution >= 4 is 17.7 Å². The van der Waals surface area contributed by atoms with Gasteiger partial charge >= 0.3 is 5.97 Å². The number of ether oxygens (including phenoxy) is 1. The average Bonchev–Trinajstić information content (AvgIpc) is 2.51. The van der Waals surface area contributed by atoms with Gasteiger partial charge in [-0.3, -0.25) is 0 Å². The Morgan fingerprint density at radius 2 is 1.52 bits per heavy atom. The third-order valence-electron chi connectivity index (χ3n) is 4.08. The predicted molar refractivity (Wildman–Crippen MR) is 93.8 cm³/mol. The second-order valence-corrected chi connectivity index (χ2v) is 7.47. The van der Waals surface area contributed by atoms with Crippen molar-refractivity contribution in [2.75, 3.05) is 0 Å². The summed E-state index contributed by atoms with van der Waals surface area (Å²) in [6, 6.07) is 16.7. The molecular formula is C20H20O2S. The minimum Gasteiger partial charge on any atom is -0.455 e. The van der Waals surface area contributed by atoms with Crippen molar-refractivity contribution in [2.45, 2.75) is 42.1 Å². The largest absolute Gasteiger partial charge is 0.455 e. The number of carbonyl (C=O) groups is 1. The summed E-state index contributed by atoms with van der Waals surface area (Å²) in [5.74, 6) is -0.345. The molecule has 1 aliphatic rings. The highest BCUT2D eigenvalue weighted by atomic mass is 32.2. The molecule has 0 aliphatic carbocycles. The van der Waals surface area contributed by atoms with Crippen molar-refractivity contribution in [1.29, 1.82) is 0 Å². The van der Waals surface area contributed by atoms with E-state index >= 15 is 0 Å². The molecule has 118 valence electrons. The topological polar surface area (TPSA) is 26.3 Å². The number of hydrogen-bond donors (Lipinski definition) is 0. The lowest BCUT2D eigenvalue weighted by molar-refractivity contribution is -0.152. The summed E-state index contributed by atoms with van der Waals surface area (Å²) in [5.41, 5.74) is 2.17. The Bertz CT molecular complexity index is 731. The molecule has 0 atom stereocenters. The normalized spacial score (nSPS) is 13.9. The fraction of sp³-hybridized carbons (Fsp3) is 0.250. The molecule has 0 bridgehead atoms. The molecule has 0 N–H and O–H groups in total. The van der Waals surface area contributed by atoms with E-state index in [2.05, 4.69) is 30.8 Å². The lowest BCUT2D eigenvalue weighted by atomic mass is 9.79. The van der Waals surface area contributed by atoms with E-state index in [-0.39, 0.29) is 11.9 Å². The second kappa shape index (κ2) is 5.89. The molecule has 0 radical (unpaired) electrons. The number of carbonyl (C=O) groups excluding carboxylic acids is 1. The molecule has 2 aromatic rings. The Morgan fingerprint density at radius 1 is 1.04 bits per heavy atom. The van der Waals surface area contributed by atoms with Crippen LogP contribution in [0.15, 0.2) is 70.5 Å². The van der Waals surface area contributed by atoms with Crippen molar-refractivity contribution in [1.82, 2.24) is 0 Å². The summed E-state index contributed by atoms with van der Waals surface area (Å²) >= 11 is 1.77. The van der Waals surface area contributed by atoms with E-state index in [9.17, 15) is 4.79 Å². The first kappa shape index (κ1) is 15.9. The molecule has 0 fully saturated rings. The van der Waals surface area contributed by atoms with Gasteiger partial charge in [0, 0.05) is 15.4 Å². The summed E-state index contributed by atoms with van der Waals surface area (Å²) in [7, 11) is 0. The third kappa shape index (κ3) is 2.93. The first-order valence-electron chi connectivity index (χ1n) is 7.64. The van der Waals surface area contributed by atoms with Gasteiger partial charge in [-0.15, -0.1) is 0 Å². The van der Waals surface area contributed by atoms with Crippen LogP contribution in [-0.4, -0.2) is 11.6 Å². The SMILES string of the molecule is C=C(C)C(=O)OC(C)(C)C1c2ccccc2Sc2ccccc21. The second-order valence-electron chi connectivity index (χ2n) is 6.38. The highest BCUT2D eigenvalue weighted by Gasteiger charge is 2.40. The van der Waals surface area contributed by atoms with Gasteiger partial charge in [-0.25, -0.2) is 4.79 Å². The monoisotopic (exact) mass is 324 g/mol. The smallest absolute Gasteiger partial charge is 0.333 e. The third-order valence-corrected chi connectivity index (χ3v) is 5.26. The molecule has 0 saturated carbocycles. The molecule has 0 spiro atoms. The Kier molecular flexibility index (Phi) is 4.07. The highest BCUT2D eigenvalue weighted by Crippen LogP contribution is 2.50. The standard InChI is InChI=1S/C20H20O2S/c1-13(2)19(21)22-20(3,4)18-14-9-5-7-11-16(14)23-17-12-8-6-10-15(17)18/h5-12,18H,1H2,2-4H3. The fourth-order valence-corrected chi connectivity index (χ4v) is 4.18. The maximum absolute atomic E-state index is 12.1. The zero-order valence-electron chi connectivity index (χ0n) is 13.6. The van der Waals surface area contributed by atoms with Crippen LogP contribution in [0.25, 0.3) is 0 Å². The average molecular weight is 324 g/mol. The highest BCUT2D eigenvalue weighted by molar-refractivity contribution is 7.99. The summed E-state index contributed by atoms with van der Waals surface area (Å²) in [6.45, 7) is 9.32. The Hall–Kier alpha value is -2.00. The quantitative estimate of drug-likeness (QED) is 0.575. The van der Waals surface area contributed by atoms with Crippen LogP contribution in [0.3, 0.4) is 0 Å². The summed E-state index contributed by atoms with van der Waals surface area (Å²) in [4.78, 5) is 14.5. The van der Waals surface area contributed by atoms with E-state index in [1.807, 2.05) is 38.1 Å². The van der Waals surface area contributed by atoms with Crippen LogP contribution in [0.1, 0.15) is 37.8 Å². The van der Waals surface area contributed by atoms with Crippen LogP contribution in [0.4, 0.5) is 0 Å². The van der Waals surface area contributed by atoms with Crippen molar-refractivity contribution in [3.05, 3.63) is 71.8 Å². The van der Waals surface area contributed by atoms with Gasteiger partial charge in [0.25, 0.3) is 0 Å². The van der Waals surface area contributed by atoms with E-state index in [0.29, 0.717) is 5.57 Å². The number of benzene rings is 2. The zero-order chi connectivity index (χ0) is 16.6. The molecule has 0 amide bonds. The van der Waals surface area contributed by atoms with Gasteiger partial charge in [0.15, 0.2) is 0 Å². The fourth-order valence-electron chi connectivity index (χ4n) is 3.04. The maximum Gasteiger partial charge on any atom is 0.333 e. The number of esters is 1. The van der Waals surface area contributed by atoms with Gasteiger partial charge in [-0.2, -0.15) is 0 Å². The molecule has 0 aromatic heterocycles. The zero-order valence-corrected chi connectivity index (χ0v) is 14.4. The van der Waals surface area contributed by atoms with Gasteiger partial charge in [0.05, 0.1) is 5.92 Å². The van der Waals surface area contributed by atoms with Gasteiger partial charge in [0.2, 0.25) is 0 Å². The first-order chi connectivity index (χ1) is 10.9. The van der Waals surface area contributed by atoms with E-state index in [4.69, 9.17) is 4.74 Å². The lowest BCUT2D eigenvalue weighted by Gasteiger charge is -2.38. The number of rotatable bonds is 3. The molecule has 3 rings (SSSR count). The number of fused-ring (bicyclic) bond motifs is 2. The molecule has 0 saturated heterocycles. The van der Waals surface area contributed by atoms with Crippen LogP contribution in [-0.2, 0) is 9.53 Å². The summed E-state index contributed by atoms with van der Waals surface area (Å²) < 4.78 is 5.80. The lowest BCUT2D eigenvalue weighted by Crippen LogP contribution is -2.37. The van der Waals surface area contributed by atoms with Crippen LogP contribution >= 0.6 is 11.8 Å². The maximum atomic E-state index is 12.1. The van der Waals surface area contributed by atoms with Crippen molar-refractivity contribution < 1.29 is 9.53 Å². The van der Waals surface area contributed by atoms with Crippen molar-refractivity contribution in [3.63, 3.8) is 0 Å². The molecule has 2 nitrogen and oxygen atoms in total. The molecule has 23 heavy (non-hydrogen) atoms. The Balaban J connectivity index is 2.11. The van der Waals surface area contributed by atoms with Crippen molar-refractivity contribution in [3.8, 4) is 0 Å². The van der Waals surface area contributed by atoms with E-state index in [1.54, 1.807) is 18.7 Å². The van der Waals surface area contributed by atoms with E-state index in [1.165, 1.54) is 20.9 Å². The van der Waals surface area contributed by atoms with E-state index in [0.717, 1.165) is 0 Å². The number of hydrogen-bond acceptors (Lipinski definition) is 3. The van der Waals surface area contributed by atoms with Crippen LogP contribution in [0, 0.1) is 0 Å². The molecule has 1 aliphatic heterocycles. The van der Waals surface area contributed by atoms with Crippen LogP contribution in [0.5, 0.6) is 0 Å². The van der Waals surface area contributed by atoms with Gasteiger partial charge < -0.3 is 4.74 Å². The van der Waals surface area contributed by atoms with Crippen molar-refractivity contribution in [2.24, 2.45) is 0 Å². The first-order valence-corrected chi connectivity index (χ1v) is 8.46. The van der Waals surface area contributed by atoms with Gasteiger partial charge in [-0.05, 0) is 44.0 Å². The van der Waals surface area contributed by atoms with Crippen LogP contribution in [0.2, 0.25) is 0 Å². The summed E-state index contributed by atoms with van der Waals surface area (Å²) in [5, 5.41) is 0. The van der Waals surface area contributed by atoms with Gasteiger partial charge in [0.1, 0.15) is 5.60 Å². The summed E-state index contributed by atoms with van der Waals surface area (Å²) in [6.07, 6.45) is 0. The molecule has 3 heteroatoms. The molecular weight excluding hydrogens is 304 g/mol. The Morgan fingerprint density at radius 3 is 2.00 bits per heavy atom. The predicted octanol–water partition coefficient (Wildman–Crippen LogP) is 5.18. The minimum atomic E-state index is -0.663. The molecule has 2 aromatic carbocycles. The molecule has 0 unspecified atom stereocenters. The minimum absolute atomic E-state index is 0.000509. The molecule has 1 heterocycles. The Labute approximate surface area is 141 Å².